The van der Waals surface area contributed by atoms with Crippen LogP contribution in [0.5, 0.6) is 0 Å². The number of ketones is 1. The Hall–Kier alpha value is -3.41. The molecule has 0 atom stereocenters. The number of carbonyl (C=O) groups excluding carboxylic acids is 1. The minimum Gasteiger partial charge on any atom is -0.329 e. The number of benzene rings is 1. The first-order chi connectivity index (χ1) is 12.9. The fourth-order valence-corrected chi connectivity index (χ4v) is 2.33. The molecule has 0 bridgehead atoms. The molecule has 138 valence electrons. The van der Waals surface area contributed by atoms with Crippen LogP contribution in [0, 0.1) is 12.3 Å². The topological polar surface area (TPSA) is 73.8 Å². The van der Waals surface area contributed by atoms with Gasteiger partial charge in [-0.05, 0) is 5.56 Å². The van der Waals surface area contributed by atoms with Crippen molar-refractivity contribution in [3.63, 3.8) is 0 Å². The minimum atomic E-state index is -4.68. The molecule has 3 rings (SSSR count). The average Bonchev–Trinajstić information content (AvgIpc) is 3.30. The fraction of sp³-hybridized carbons (Fsp3) is 0.222. The smallest absolute Gasteiger partial charge is 0.329 e. The van der Waals surface area contributed by atoms with Crippen LogP contribution in [-0.4, -0.2) is 25.7 Å². The lowest BCUT2D eigenvalue weighted by Gasteiger charge is -2.02. The van der Waals surface area contributed by atoms with Gasteiger partial charge in [-0.1, -0.05) is 29.4 Å². The van der Waals surface area contributed by atoms with Gasteiger partial charge in [0.2, 0.25) is 5.82 Å². The van der Waals surface area contributed by atoms with Crippen LogP contribution < -0.4 is 0 Å². The van der Waals surface area contributed by atoms with Crippen molar-refractivity contribution in [2.75, 3.05) is 0 Å². The molecule has 2 aromatic heterocycles. The van der Waals surface area contributed by atoms with Crippen molar-refractivity contribution in [3.8, 4) is 23.7 Å². The van der Waals surface area contributed by atoms with Gasteiger partial charge in [-0.2, -0.15) is 23.3 Å². The zero-order valence-electron chi connectivity index (χ0n) is 13.9. The zero-order chi connectivity index (χ0) is 19.4. The van der Waals surface area contributed by atoms with Gasteiger partial charge in [0.05, 0.1) is 18.3 Å². The van der Waals surface area contributed by atoms with Gasteiger partial charge in [0.25, 0.3) is 0 Å². The van der Waals surface area contributed by atoms with E-state index in [1.54, 1.807) is 35.1 Å². The second-order valence-electron chi connectivity index (χ2n) is 5.67. The summed E-state index contributed by atoms with van der Waals surface area (Å²) < 4.78 is 43.3. The van der Waals surface area contributed by atoms with Crippen molar-refractivity contribution in [3.05, 3.63) is 53.7 Å². The summed E-state index contributed by atoms with van der Waals surface area (Å²) >= 11 is 0. The van der Waals surface area contributed by atoms with Crippen LogP contribution in [0.25, 0.3) is 11.4 Å². The monoisotopic (exact) mass is 374 g/mol. The number of halogens is 3. The molecule has 1 aromatic carbocycles. The molecule has 0 fully saturated rings. The van der Waals surface area contributed by atoms with Crippen molar-refractivity contribution in [2.45, 2.75) is 25.6 Å². The van der Waals surface area contributed by atoms with Crippen LogP contribution in [0.1, 0.15) is 34.7 Å². The van der Waals surface area contributed by atoms with E-state index in [2.05, 4.69) is 25.7 Å². The Kier molecular flexibility index (Phi) is 5.07. The Labute approximate surface area is 152 Å². The molecule has 3 aromatic rings. The zero-order valence-corrected chi connectivity index (χ0v) is 13.9. The largest absolute Gasteiger partial charge is 0.471 e. The first-order valence-electron chi connectivity index (χ1n) is 7.86. The third-order valence-corrected chi connectivity index (χ3v) is 3.68. The molecule has 9 heteroatoms. The van der Waals surface area contributed by atoms with Gasteiger partial charge in [0.1, 0.15) is 0 Å². The normalized spacial score (nSPS) is 11.3. The number of hydrogen-bond donors (Lipinski definition) is 0. The average molecular weight is 374 g/mol. The van der Waals surface area contributed by atoms with E-state index < -0.39 is 12.1 Å². The van der Waals surface area contributed by atoms with Crippen molar-refractivity contribution >= 4 is 5.78 Å². The number of nitrogens with zero attached hydrogens (tertiary/aromatic N) is 4. The third kappa shape index (κ3) is 4.41. The van der Waals surface area contributed by atoms with Gasteiger partial charge in [0.15, 0.2) is 5.78 Å². The Morgan fingerprint density at radius 3 is 2.63 bits per heavy atom. The highest BCUT2D eigenvalue weighted by Gasteiger charge is 2.38. The summed E-state index contributed by atoms with van der Waals surface area (Å²) in [4.78, 5) is 15.2. The van der Waals surface area contributed by atoms with Gasteiger partial charge in [0, 0.05) is 24.6 Å². The van der Waals surface area contributed by atoms with Gasteiger partial charge in [-0.15, -0.1) is 12.3 Å². The molecule has 6 nitrogen and oxygen atoms in total. The molecule has 0 saturated heterocycles. The number of hydrogen-bond acceptors (Lipinski definition) is 5. The van der Waals surface area contributed by atoms with Crippen molar-refractivity contribution < 1.29 is 22.5 Å². The van der Waals surface area contributed by atoms with Crippen LogP contribution in [0.2, 0.25) is 0 Å². The lowest BCUT2D eigenvalue weighted by atomic mass is 10.1. The lowest BCUT2D eigenvalue weighted by molar-refractivity contribution is -0.159. The summed E-state index contributed by atoms with van der Waals surface area (Å²) in [5, 5.41) is 7.47. The van der Waals surface area contributed by atoms with E-state index in [4.69, 9.17) is 6.42 Å². The lowest BCUT2D eigenvalue weighted by Crippen LogP contribution is -2.04. The molecule has 0 aliphatic carbocycles. The molecule has 0 aliphatic heterocycles. The molecular weight excluding hydrogens is 361 g/mol. The maximum absolute atomic E-state index is 12.5. The van der Waals surface area contributed by atoms with Crippen molar-refractivity contribution in [2.24, 2.45) is 0 Å². The van der Waals surface area contributed by atoms with E-state index in [-0.39, 0.29) is 18.0 Å². The third-order valence-electron chi connectivity index (χ3n) is 3.68. The number of alkyl halides is 3. The quantitative estimate of drug-likeness (QED) is 0.487. The number of carbonyl (C=O) groups is 1. The van der Waals surface area contributed by atoms with Gasteiger partial charge >= 0.3 is 12.1 Å². The first-order valence-corrected chi connectivity index (χ1v) is 7.86. The van der Waals surface area contributed by atoms with Crippen LogP contribution >= 0.6 is 0 Å². The Balaban J connectivity index is 1.68. The molecule has 0 unspecified atom stereocenters. The fourth-order valence-electron chi connectivity index (χ4n) is 2.33. The van der Waals surface area contributed by atoms with E-state index in [9.17, 15) is 18.0 Å². The van der Waals surface area contributed by atoms with E-state index in [0.717, 1.165) is 5.56 Å². The minimum absolute atomic E-state index is 0.0767. The van der Waals surface area contributed by atoms with Gasteiger partial charge in [-0.25, -0.2) is 0 Å². The molecule has 0 aliphatic rings. The summed E-state index contributed by atoms with van der Waals surface area (Å²) in [6.45, 7) is 0.392. The highest BCUT2D eigenvalue weighted by Crippen LogP contribution is 2.29. The molecule has 0 spiro atoms. The molecule has 0 saturated carbocycles. The summed E-state index contributed by atoms with van der Waals surface area (Å²) in [6, 6.07) is 6.59. The van der Waals surface area contributed by atoms with E-state index in [1.165, 1.54) is 6.20 Å². The van der Waals surface area contributed by atoms with Crippen molar-refractivity contribution in [1.29, 1.82) is 0 Å². The second kappa shape index (κ2) is 7.45. The Morgan fingerprint density at radius 1 is 1.26 bits per heavy atom. The maximum Gasteiger partial charge on any atom is 0.471 e. The van der Waals surface area contributed by atoms with Crippen LogP contribution in [0.15, 0.2) is 41.2 Å². The van der Waals surface area contributed by atoms with Gasteiger partial charge in [-0.3, -0.25) is 9.48 Å². The Morgan fingerprint density at radius 2 is 2.00 bits per heavy atom. The van der Waals surface area contributed by atoms with E-state index >= 15 is 0 Å². The number of Topliss-reactive ketones (excluding diaryl/α,β-unsaturated/α-hetero) is 1. The van der Waals surface area contributed by atoms with Crippen LogP contribution in [-0.2, 0) is 12.7 Å². The molecular formula is C18H13F3N4O2. The summed E-state index contributed by atoms with van der Waals surface area (Å²) in [6.07, 6.45) is 4.21. The highest BCUT2D eigenvalue weighted by molar-refractivity contribution is 5.95. The molecule has 2 heterocycles. The first kappa shape index (κ1) is 18.4. The maximum atomic E-state index is 12.5. The van der Waals surface area contributed by atoms with E-state index in [0.29, 0.717) is 24.1 Å². The van der Waals surface area contributed by atoms with Crippen LogP contribution in [0.3, 0.4) is 0 Å². The molecule has 0 radical (unpaired) electrons. The SMILES string of the molecule is C#CCCC(=O)c1cnn(Cc2ccc(-c3noc(C(F)(F)F)n3)cc2)c1. The standard InChI is InChI=1S/C18H13F3N4O2/c1-2-3-4-15(26)14-9-22-25(11-14)10-12-5-7-13(8-6-12)16-23-17(27-24-16)18(19,20)21/h1,5-9,11H,3-4,10H2. The summed E-state index contributed by atoms with van der Waals surface area (Å²) in [7, 11) is 0. The van der Waals surface area contributed by atoms with Gasteiger partial charge < -0.3 is 4.52 Å². The summed E-state index contributed by atoms with van der Waals surface area (Å²) in [5.41, 5.74) is 1.71. The molecule has 0 N–H and O–H groups in total. The van der Waals surface area contributed by atoms with E-state index in [1.807, 2.05) is 0 Å². The number of aromatic nitrogens is 4. The molecule has 0 amide bonds. The Bertz CT molecular complexity index is 981. The highest BCUT2D eigenvalue weighted by atomic mass is 19.4. The van der Waals surface area contributed by atoms with Crippen LogP contribution in [0.4, 0.5) is 13.2 Å². The number of rotatable bonds is 6. The van der Waals surface area contributed by atoms with Crippen molar-refractivity contribution in [1.82, 2.24) is 19.9 Å². The summed E-state index contributed by atoms with van der Waals surface area (Å²) in [5.74, 6) is 0.807. The predicted octanol–water partition coefficient (Wildman–Crippen LogP) is 3.60. The second-order valence-corrected chi connectivity index (χ2v) is 5.67. The molecule has 27 heavy (non-hydrogen) atoms. The number of terminal acetylenes is 1. The predicted molar refractivity (Wildman–Crippen MR) is 88.5 cm³/mol.